The first kappa shape index (κ1) is 19.2. The SMILES string of the molecule is CNc1ccccc1C(=O)OCC(=O)NC(c1ccccc1)c1ccccc1. The van der Waals surface area contributed by atoms with Gasteiger partial charge in [-0.3, -0.25) is 4.79 Å². The number of carbonyl (C=O) groups is 2. The summed E-state index contributed by atoms with van der Waals surface area (Å²) in [5.74, 6) is -0.913. The van der Waals surface area contributed by atoms with Crippen LogP contribution in [0.25, 0.3) is 0 Å². The van der Waals surface area contributed by atoms with E-state index in [1.807, 2.05) is 66.7 Å². The second-order valence-corrected chi connectivity index (χ2v) is 6.19. The van der Waals surface area contributed by atoms with Crippen molar-refractivity contribution in [3.8, 4) is 0 Å². The largest absolute Gasteiger partial charge is 0.452 e. The molecular formula is C23H22N2O3. The fourth-order valence-electron chi connectivity index (χ4n) is 2.94. The minimum atomic E-state index is -0.545. The van der Waals surface area contributed by atoms with Crippen LogP contribution in [0.2, 0.25) is 0 Å². The highest BCUT2D eigenvalue weighted by atomic mass is 16.5. The molecule has 0 unspecified atom stereocenters. The number of esters is 1. The highest BCUT2D eigenvalue weighted by Crippen LogP contribution is 2.21. The molecule has 1 amide bonds. The molecule has 0 fully saturated rings. The zero-order valence-electron chi connectivity index (χ0n) is 15.6. The standard InChI is InChI=1S/C23H22N2O3/c1-24-20-15-9-8-14-19(20)23(27)28-16-21(26)25-22(17-10-4-2-5-11-17)18-12-6-3-7-13-18/h2-15,22,24H,16H2,1H3,(H,25,26). The summed E-state index contributed by atoms with van der Waals surface area (Å²) in [5.41, 5.74) is 2.95. The van der Waals surface area contributed by atoms with E-state index in [2.05, 4.69) is 10.6 Å². The number of amides is 1. The summed E-state index contributed by atoms with van der Waals surface area (Å²) in [5, 5.41) is 5.89. The molecule has 0 aliphatic rings. The summed E-state index contributed by atoms with van der Waals surface area (Å²) in [4.78, 5) is 24.8. The molecule has 0 aromatic heterocycles. The molecule has 0 radical (unpaired) electrons. The van der Waals surface area contributed by atoms with Gasteiger partial charge in [-0.2, -0.15) is 0 Å². The highest BCUT2D eigenvalue weighted by Gasteiger charge is 2.18. The van der Waals surface area contributed by atoms with E-state index in [4.69, 9.17) is 4.74 Å². The van der Waals surface area contributed by atoms with E-state index in [0.29, 0.717) is 11.3 Å². The van der Waals surface area contributed by atoms with Gasteiger partial charge in [0.25, 0.3) is 5.91 Å². The van der Waals surface area contributed by atoms with Crippen molar-refractivity contribution in [2.45, 2.75) is 6.04 Å². The molecule has 3 aromatic carbocycles. The van der Waals surface area contributed by atoms with Gasteiger partial charge in [0.05, 0.1) is 11.6 Å². The van der Waals surface area contributed by atoms with Gasteiger partial charge in [0, 0.05) is 12.7 Å². The Kier molecular flexibility index (Phi) is 6.41. The molecule has 142 valence electrons. The van der Waals surface area contributed by atoms with E-state index in [9.17, 15) is 9.59 Å². The number of hydrogen-bond donors (Lipinski definition) is 2. The molecule has 0 heterocycles. The van der Waals surface area contributed by atoms with Crippen molar-refractivity contribution in [2.75, 3.05) is 19.0 Å². The quantitative estimate of drug-likeness (QED) is 0.618. The Labute approximate surface area is 164 Å². The Morgan fingerprint density at radius 3 is 1.93 bits per heavy atom. The molecule has 0 saturated carbocycles. The van der Waals surface area contributed by atoms with Gasteiger partial charge in [0.1, 0.15) is 0 Å². The van der Waals surface area contributed by atoms with E-state index >= 15 is 0 Å². The number of rotatable bonds is 7. The third kappa shape index (κ3) is 4.76. The van der Waals surface area contributed by atoms with Crippen LogP contribution in [0.5, 0.6) is 0 Å². The number of benzene rings is 3. The predicted octanol–water partition coefficient (Wildman–Crippen LogP) is 3.79. The highest BCUT2D eigenvalue weighted by molar-refractivity contribution is 5.96. The van der Waals surface area contributed by atoms with Crippen LogP contribution in [0.15, 0.2) is 84.9 Å². The van der Waals surface area contributed by atoms with Crippen LogP contribution < -0.4 is 10.6 Å². The average Bonchev–Trinajstić information content (AvgIpc) is 2.77. The topological polar surface area (TPSA) is 67.4 Å². The minimum Gasteiger partial charge on any atom is -0.452 e. The molecule has 0 saturated heterocycles. The Bertz CT molecular complexity index is 887. The lowest BCUT2D eigenvalue weighted by Gasteiger charge is -2.20. The maximum absolute atomic E-state index is 12.5. The number of hydrogen-bond acceptors (Lipinski definition) is 4. The van der Waals surface area contributed by atoms with Gasteiger partial charge in [-0.15, -0.1) is 0 Å². The Morgan fingerprint density at radius 1 is 0.821 bits per heavy atom. The zero-order chi connectivity index (χ0) is 19.8. The molecule has 0 bridgehead atoms. The summed E-state index contributed by atoms with van der Waals surface area (Å²) >= 11 is 0. The Balaban J connectivity index is 1.68. The predicted molar refractivity (Wildman–Crippen MR) is 109 cm³/mol. The number of carbonyl (C=O) groups excluding carboxylic acids is 2. The van der Waals surface area contributed by atoms with E-state index < -0.39 is 5.97 Å². The molecule has 3 rings (SSSR count). The third-order valence-electron chi connectivity index (χ3n) is 4.32. The Hall–Kier alpha value is -3.60. The first-order valence-corrected chi connectivity index (χ1v) is 9.02. The minimum absolute atomic E-state index is 0.321. The van der Waals surface area contributed by atoms with Crippen LogP contribution in [0.3, 0.4) is 0 Å². The molecule has 28 heavy (non-hydrogen) atoms. The zero-order valence-corrected chi connectivity index (χ0v) is 15.6. The third-order valence-corrected chi connectivity index (χ3v) is 4.32. The summed E-state index contributed by atoms with van der Waals surface area (Å²) < 4.78 is 5.21. The fraction of sp³-hybridized carbons (Fsp3) is 0.130. The van der Waals surface area contributed by atoms with Crippen molar-refractivity contribution >= 4 is 17.6 Å². The first-order valence-electron chi connectivity index (χ1n) is 9.02. The van der Waals surface area contributed by atoms with Gasteiger partial charge in [-0.05, 0) is 23.3 Å². The maximum Gasteiger partial charge on any atom is 0.340 e. The second-order valence-electron chi connectivity index (χ2n) is 6.19. The number of para-hydroxylation sites is 1. The molecule has 3 aromatic rings. The monoisotopic (exact) mass is 374 g/mol. The Morgan fingerprint density at radius 2 is 1.36 bits per heavy atom. The van der Waals surface area contributed by atoms with Gasteiger partial charge in [0.15, 0.2) is 6.61 Å². The summed E-state index contributed by atoms with van der Waals surface area (Å²) in [6.07, 6.45) is 0. The lowest BCUT2D eigenvalue weighted by Crippen LogP contribution is -2.33. The summed E-state index contributed by atoms with van der Waals surface area (Å²) in [6.45, 7) is -0.354. The summed E-state index contributed by atoms with van der Waals surface area (Å²) in [6, 6.07) is 26.0. The average molecular weight is 374 g/mol. The number of ether oxygens (including phenoxy) is 1. The molecular weight excluding hydrogens is 352 g/mol. The second kappa shape index (κ2) is 9.37. The van der Waals surface area contributed by atoms with Crippen LogP contribution in [-0.2, 0) is 9.53 Å². The smallest absolute Gasteiger partial charge is 0.340 e. The van der Waals surface area contributed by atoms with Crippen LogP contribution >= 0.6 is 0 Å². The summed E-state index contributed by atoms with van der Waals surface area (Å²) in [7, 11) is 1.73. The van der Waals surface area contributed by atoms with Gasteiger partial charge >= 0.3 is 5.97 Å². The maximum atomic E-state index is 12.5. The fourth-order valence-corrected chi connectivity index (χ4v) is 2.94. The van der Waals surface area contributed by atoms with Crippen molar-refractivity contribution in [1.82, 2.24) is 5.32 Å². The van der Waals surface area contributed by atoms with Crippen molar-refractivity contribution in [3.63, 3.8) is 0 Å². The van der Waals surface area contributed by atoms with Gasteiger partial charge in [0.2, 0.25) is 0 Å². The number of nitrogens with one attached hydrogen (secondary N) is 2. The molecule has 0 aliphatic heterocycles. The molecule has 2 N–H and O–H groups in total. The van der Waals surface area contributed by atoms with E-state index in [1.54, 1.807) is 25.2 Å². The van der Waals surface area contributed by atoms with E-state index in [0.717, 1.165) is 11.1 Å². The van der Waals surface area contributed by atoms with E-state index in [-0.39, 0.29) is 18.6 Å². The lowest BCUT2D eigenvalue weighted by molar-refractivity contribution is -0.124. The van der Waals surface area contributed by atoms with Gasteiger partial charge in [-0.25, -0.2) is 4.79 Å². The molecule has 0 spiro atoms. The van der Waals surface area contributed by atoms with Gasteiger partial charge < -0.3 is 15.4 Å². The van der Waals surface area contributed by atoms with Crippen LogP contribution in [0.1, 0.15) is 27.5 Å². The van der Waals surface area contributed by atoms with Crippen molar-refractivity contribution < 1.29 is 14.3 Å². The van der Waals surface area contributed by atoms with Crippen molar-refractivity contribution in [2.24, 2.45) is 0 Å². The first-order chi connectivity index (χ1) is 13.7. The number of anilines is 1. The van der Waals surface area contributed by atoms with Crippen molar-refractivity contribution in [1.29, 1.82) is 0 Å². The molecule has 5 heteroatoms. The molecule has 0 aliphatic carbocycles. The normalized spacial score (nSPS) is 10.4. The van der Waals surface area contributed by atoms with Crippen LogP contribution in [0.4, 0.5) is 5.69 Å². The molecule has 0 atom stereocenters. The van der Waals surface area contributed by atoms with Crippen LogP contribution in [-0.4, -0.2) is 25.5 Å². The van der Waals surface area contributed by atoms with Crippen LogP contribution in [0, 0.1) is 0 Å². The van der Waals surface area contributed by atoms with E-state index in [1.165, 1.54) is 0 Å². The molecule has 5 nitrogen and oxygen atoms in total. The van der Waals surface area contributed by atoms with Crippen molar-refractivity contribution in [3.05, 3.63) is 102 Å². The lowest BCUT2D eigenvalue weighted by atomic mass is 9.99. The van der Waals surface area contributed by atoms with Gasteiger partial charge in [-0.1, -0.05) is 72.8 Å².